The third kappa shape index (κ3) is 2.95. The SMILES string of the molecule is Cc1ccc(C=C(C#N)S(=O)(=O)c2ccc(F)cc2)s1. The van der Waals surface area contributed by atoms with Crippen molar-refractivity contribution in [3.05, 3.63) is 56.9 Å². The summed E-state index contributed by atoms with van der Waals surface area (Å²) < 4.78 is 37.4. The van der Waals surface area contributed by atoms with Gasteiger partial charge < -0.3 is 0 Å². The maximum atomic E-state index is 12.8. The summed E-state index contributed by atoms with van der Waals surface area (Å²) in [5.74, 6) is -0.527. The summed E-state index contributed by atoms with van der Waals surface area (Å²) in [6.07, 6.45) is 1.33. The number of nitrogens with zero attached hydrogens (tertiary/aromatic N) is 1. The average Bonchev–Trinajstić information content (AvgIpc) is 2.82. The van der Waals surface area contributed by atoms with Crippen molar-refractivity contribution < 1.29 is 12.8 Å². The van der Waals surface area contributed by atoms with E-state index in [2.05, 4.69) is 0 Å². The van der Waals surface area contributed by atoms with Crippen molar-refractivity contribution in [2.45, 2.75) is 11.8 Å². The highest BCUT2D eigenvalue weighted by Gasteiger charge is 2.21. The van der Waals surface area contributed by atoms with Gasteiger partial charge in [-0.3, -0.25) is 0 Å². The van der Waals surface area contributed by atoms with E-state index in [0.29, 0.717) is 4.88 Å². The lowest BCUT2D eigenvalue weighted by molar-refractivity contribution is 0.601. The molecule has 20 heavy (non-hydrogen) atoms. The molecule has 0 aliphatic carbocycles. The van der Waals surface area contributed by atoms with Gasteiger partial charge >= 0.3 is 0 Å². The van der Waals surface area contributed by atoms with E-state index in [-0.39, 0.29) is 9.80 Å². The fraction of sp³-hybridized carbons (Fsp3) is 0.0714. The van der Waals surface area contributed by atoms with Crippen LogP contribution in [0.2, 0.25) is 0 Å². The zero-order chi connectivity index (χ0) is 14.8. The van der Waals surface area contributed by atoms with Crippen molar-refractivity contribution in [3.63, 3.8) is 0 Å². The topological polar surface area (TPSA) is 57.9 Å². The molecule has 102 valence electrons. The largest absolute Gasteiger partial charge is 0.218 e. The first kappa shape index (κ1) is 14.4. The van der Waals surface area contributed by atoms with Gasteiger partial charge in [0.2, 0.25) is 9.84 Å². The molecular weight excluding hydrogens is 297 g/mol. The van der Waals surface area contributed by atoms with E-state index < -0.39 is 15.7 Å². The van der Waals surface area contributed by atoms with E-state index in [0.717, 1.165) is 29.1 Å². The summed E-state index contributed by atoms with van der Waals surface area (Å²) in [7, 11) is -3.92. The van der Waals surface area contributed by atoms with Gasteiger partial charge in [-0.2, -0.15) is 5.26 Å². The van der Waals surface area contributed by atoms with Gasteiger partial charge in [0.25, 0.3) is 0 Å². The van der Waals surface area contributed by atoms with Crippen LogP contribution in [-0.4, -0.2) is 8.42 Å². The van der Waals surface area contributed by atoms with Crippen LogP contribution in [0.4, 0.5) is 4.39 Å². The van der Waals surface area contributed by atoms with E-state index in [1.807, 2.05) is 13.0 Å². The number of halogens is 1. The number of hydrogen-bond acceptors (Lipinski definition) is 4. The summed E-state index contributed by atoms with van der Waals surface area (Å²) in [4.78, 5) is 1.25. The molecule has 0 unspecified atom stereocenters. The molecule has 2 rings (SSSR count). The Hall–Kier alpha value is -1.97. The molecule has 0 saturated carbocycles. The number of benzene rings is 1. The lowest BCUT2D eigenvalue weighted by Crippen LogP contribution is -2.03. The number of thiophene rings is 1. The second-order valence-electron chi connectivity index (χ2n) is 4.03. The van der Waals surface area contributed by atoms with Crippen LogP contribution < -0.4 is 0 Å². The predicted octanol–water partition coefficient (Wildman–Crippen LogP) is 3.53. The Balaban J connectivity index is 2.48. The third-order valence-electron chi connectivity index (χ3n) is 2.56. The van der Waals surface area contributed by atoms with Gasteiger partial charge in [0.1, 0.15) is 11.9 Å². The van der Waals surface area contributed by atoms with E-state index >= 15 is 0 Å². The Morgan fingerprint density at radius 2 is 1.90 bits per heavy atom. The number of allylic oxidation sites excluding steroid dienone is 1. The van der Waals surface area contributed by atoms with Crippen LogP contribution in [0.1, 0.15) is 9.75 Å². The van der Waals surface area contributed by atoms with Crippen LogP contribution in [0.15, 0.2) is 46.2 Å². The molecule has 0 aliphatic heterocycles. The molecule has 0 atom stereocenters. The first-order valence-electron chi connectivity index (χ1n) is 5.62. The number of hydrogen-bond donors (Lipinski definition) is 0. The van der Waals surface area contributed by atoms with Crippen LogP contribution in [0.5, 0.6) is 0 Å². The van der Waals surface area contributed by atoms with Gasteiger partial charge in [-0.05, 0) is 49.4 Å². The van der Waals surface area contributed by atoms with Gasteiger partial charge in [-0.15, -0.1) is 11.3 Å². The summed E-state index contributed by atoms with van der Waals surface area (Å²) in [6, 6.07) is 9.69. The second-order valence-corrected chi connectivity index (χ2v) is 7.26. The lowest BCUT2D eigenvalue weighted by Gasteiger charge is -2.02. The van der Waals surface area contributed by atoms with Crippen molar-refractivity contribution in [1.82, 2.24) is 0 Å². The van der Waals surface area contributed by atoms with Crippen molar-refractivity contribution >= 4 is 27.3 Å². The Morgan fingerprint density at radius 1 is 1.25 bits per heavy atom. The normalized spacial score (nSPS) is 12.2. The van der Waals surface area contributed by atoms with E-state index in [9.17, 15) is 12.8 Å². The Kier molecular flexibility index (Phi) is 4.02. The molecule has 1 aromatic carbocycles. The summed E-state index contributed by atoms with van der Waals surface area (Å²) in [5, 5.41) is 9.08. The van der Waals surface area contributed by atoms with Crippen LogP contribution in [0.3, 0.4) is 0 Å². The highest BCUT2D eigenvalue weighted by Crippen LogP contribution is 2.24. The molecule has 1 aromatic heterocycles. The van der Waals surface area contributed by atoms with Gasteiger partial charge in [0.05, 0.1) is 4.90 Å². The predicted molar refractivity (Wildman–Crippen MR) is 76.2 cm³/mol. The number of sulfone groups is 1. The molecule has 2 aromatic rings. The van der Waals surface area contributed by atoms with Crippen molar-refractivity contribution in [1.29, 1.82) is 5.26 Å². The van der Waals surface area contributed by atoms with Gasteiger partial charge in [0.15, 0.2) is 4.91 Å². The zero-order valence-corrected chi connectivity index (χ0v) is 12.1. The molecular formula is C14H10FNO2S2. The lowest BCUT2D eigenvalue weighted by atomic mass is 10.3. The van der Waals surface area contributed by atoms with E-state index in [1.165, 1.54) is 17.4 Å². The standard InChI is InChI=1S/C14H10FNO2S2/c1-10-2-5-12(19-10)8-14(9-16)20(17,18)13-6-3-11(15)4-7-13/h2-8H,1H3. The Bertz CT molecular complexity index is 796. The molecule has 1 heterocycles. The summed E-state index contributed by atoms with van der Waals surface area (Å²) in [6.45, 7) is 1.89. The molecule has 0 bridgehead atoms. The van der Waals surface area contributed by atoms with Crippen LogP contribution in [0.25, 0.3) is 6.08 Å². The smallest absolute Gasteiger partial charge is 0.216 e. The van der Waals surface area contributed by atoms with Crippen molar-refractivity contribution in [3.8, 4) is 6.07 Å². The molecule has 3 nitrogen and oxygen atoms in total. The monoisotopic (exact) mass is 307 g/mol. The fourth-order valence-electron chi connectivity index (χ4n) is 1.57. The molecule has 0 N–H and O–H groups in total. The highest BCUT2D eigenvalue weighted by atomic mass is 32.2. The Labute approximate surface area is 120 Å². The van der Waals surface area contributed by atoms with Crippen molar-refractivity contribution in [2.75, 3.05) is 0 Å². The minimum absolute atomic E-state index is 0.0972. The molecule has 0 amide bonds. The molecule has 0 radical (unpaired) electrons. The van der Waals surface area contributed by atoms with Crippen molar-refractivity contribution in [2.24, 2.45) is 0 Å². The first-order valence-corrected chi connectivity index (χ1v) is 7.92. The molecule has 6 heteroatoms. The molecule has 0 aliphatic rings. The van der Waals surface area contributed by atoms with Gasteiger partial charge in [0, 0.05) is 9.75 Å². The van der Waals surface area contributed by atoms with Crippen LogP contribution in [-0.2, 0) is 9.84 Å². The molecule has 0 fully saturated rings. The number of nitriles is 1. The Morgan fingerprint density at radius 3 is 2.40 bits per heavy atom. The first-order chi connectivity index (χ1) is 9.43. The zero-order valence-electron chi connectivity index (χ0n) is 10.5. The fourth-order valence-corrected chi connectivity index (χ4v) is 3.62. The highest BCUT2D eigenvalue weighted by molar-refractivity contribution is 7.95. The summed E-state index contributed by atoms with van der Waals surface area (Å²) in [5.41, 5.74) is 0. The van der Waals surface area contributed by atoms with Crippen LogP contribution >= 0.6 is 11.3 Å². The number of rotatable bonds is 3. The number of aryl methyl sites for hydroxylation is 1. The van der Waals surface area contributed by atoms with E-state index in [4.69, 9.17) is 5.26 Å². The summed E-state index contributed by atoms with van der Waals surface area (Å²) >= 11 is 1.39. The maximum absolute atomic E-state index is 12.8. The second kappa shape index (κ2) is 5.57. The van der Waals surface area contributed by atoms with Gasteiger partial charge in [-0.1, -0.05) is 0 Å². The molecule has 0 saturated heterocycles. The molecule has 0 spiro atoms. The maximum Gasteiger partial charge on any atom is 0.216 e. The average molecular weight is 307 g/mol. The third-order valence-corrected chi connectivity index (χ3v) is 5.19. The van der Waals surface area contributed by atoms with Gasteiger partial charge in [-0.25, -0.2) is 12.8 Å². The van der Waals surface area contributed by atoms with Crippen LogP contribution in [0, 0.1) is 24.1 Å². The van der Waals surface area contributed by atoms with E-state index in [1.54, 1.807) is 12.1 Å². The minimum atomic E-state index is -3.92. The quantitative estimate of drug-likeness (QED) is 0.644. The minimum Gasteiger partial charge on any atom is -0.218 e.